The number of benzene rings is 2. The van der Waals surface area contributed by atoms with Gasteiger partial charge in [-0.3, -0.25) is 0 Å². The van der Waals surface area contributed by atoms with E-state index < -0.39 is 5.97 Å². The standard InChI is InChI=1S/C17H16O3/c1-3-19-17(18)13(2)20-16-12-8-7-11-15(16)14-9-5-4-6-10-14/h4-12H,2-3H2,1H3. The van der Waals surface area contributed by atoms with Crippen LogP contribution in [0.2, 0.25) is 0 Å². The maximum atomic E-state index is 11.5. The average molecular weight is 268 g/mol. The molecule has 102 valence electrons. The van der Waals surface area contributed by atoms with Crippen molar-refractivity contribution in [2.24, 2.45) is 0 Å². The Bertz CT molecular complexity index is 603. The molecule has 2 aromatic carbocycles. The normalized spacial score (nSPS) is 9.85. The molecule has 20 heavy (non-hydrogen) atoms. The quantitative estimate of drug-likeness (QED) is 0.470. The van der Waals surface area contributed by atoms with Crippen LogP contribution in [0.15, 0.2) is 66.9 Å². The number of rotatable bonds is 5. The molecule has 0 aliphatic heterocycles. The van der Waals surface area contributed by atoms with E-state index in [2.05, 4.69) is 6.58 Å². The summed E-state index contributed by atoms with van der Waals surface area (Å²) in [5.74, 6) is 0.0161. The summed E-state index contributed by atoms with van der Waals surface area (Å²) in [6.45, 7) is 5.64. The van der Waals surface area contributed by atoms with E-state index in [1.54, 1.807) is 13.0 Å². The van der Waals surface area contributed by atoms with Crippen LogP contribution in [0.1, 0.15) is 6.92 Å². The van der Waals surface area contributed by atoms with Crippen molar-refractivity contribution in [1.82, 2.24) is 0 Å². The third kappa shape index (κ3) is 3.26. The van der Waals surface area contributed by atoms with E-state index in [1.165, 1.54) is 0 Å². The first-order chi connectivity index (χ1) is 9.72. The van der Waals surface area contributed by atoms with E-state index in [9.17, 15) is 4.79 Å². The molecular weight excluding hydrogens is 252 g/mol. The second-order valence-electron chi connectivity index (χ2n) is 4.11. The van der Waals surface area contributed by atoms with Gasteiger partial charge in [-0.2, -0.15) is 0 Å². The number of carbonyl (C=O) groups is 1. The predicted molar refractivity (Wildman–Crippen MR) is 78.3 cm³/mol. The zero-order valence-corrected chi connectivity index (χ0v) is 11.3. The average Bonchev–Trinajstić information content (AvgIpc) is 2.49. The van der Waals surface area contributed by atoms with Gasteiger partial charge in [0.15, 0.2) is 0 Å². The lowest BCUT2D eigenvalue weighted by Crippen LogP contribution is -2.11. The van der Waals surface area contributed by atoms with Crippen molar-refractivity contribution < 1.29 is 14.3 Å². The Morgan fingerprint density at radius 3 is 2.40 bits per heavy atom. The number of para-hydroxylation sites is 1. The first-order valence-electron chi connectivity index (χ1n) is 6.40. The van der Waals surface area contributed by atoms with Crippen LogP contribution in [-0.4, -0.2) is 12.6 Å². The molecule has 0 spiro atoms. The lowest BCUT2D eigenvalue weighted by atomic mass is 10.1. The second-order valence-corrected chi connectivity index (χ2v) is 4.11. The van der Waals surface area contributed by atoms with Gasteiger partial charge in [0, 0.05) is 5.56 Å². The summed E-state index contributed by atoms with van der Waals surface area (Å²) < 4.78 is 10.4. The van der Waals surface area contributed by atoms with Gasteiger partial charge in [0.1, 0.15) is 5.75 Å². The van der Waals surface area contributed by atoms with Crippen molar-refractivity contribution in [2.45, 2.75) is 6.92 Å². The zero-order chi connectivity index (χ0) is 14.4. The molecule has 0 fully saturated rings. The molecule has 0 aliphatic rings. The Labute approximate surface area is 118 Å². The lowest BCUT2D eigenvalue weighted by Gasteiger charge is -2.12. The third-order valence-electron chi connectivity index (χ3n) is 2.71. The SMILES string of the molecule is C=C(Oc1ccccc1-c1ccccc1)C(=O)OCC. The Kier molecular flexibility index (Phi) is 4.56. The molecular formula is C17H16O3. The first-order valence-corrected chi connectivity index (χ1v) is 6.40. The maximum Gasteiger partial charge on any atom is 0.373 e. The molecule has 0 unspecified atom stereocenters. The van der Waals surface area contributed by atoms with Crippen molar-refractivity contribution in [2.75, 3.05) is 6.61 Å². The summed E-state index contributed by atoms with van der Waals surface area (Å²) in [4.78, 5) is 11.5. The van der Waals surface area contributed by atoms with Crippen LogP contribution in [0.4, 0.5) is 0 Å². The molecule has 2 rings (SSSR count). The minimum Gasteiger partial charge on any atom is -0.460 e. The van der Waals surface area contributed by atoms with Crippen molar-refractivity contribution >= 4 is 5.97 Å². The largest absolute Gasteiger partial charge is 0.460 e. The summed E-state index contributed by atoms with van der Waals surface area (Å²) >= 11 is 0. The fourth-order valence-electron chi connectivity index (χ4n) is 1.80. The molecule has 0 aromatic heterocycles. The molecule has 0 atom stereocenters. The molecule has 0 N–H and O–H groups in total. The Balaban J connectivity index is 2.25. The summed E-state index contributed by atoms with van der Waals surface area (Å²) in [5, 5.41) is 0. The minimum absolute atomic E-state index is 0.0183. The van der Waals surface area contributed by atoms with Gasteiger partial charge in [-0.1, -0.05) is 48.5 Å². The lowest BCUT2D eigenvalue weighted by molar-refractivity contribution is -0.140. The first kappa shape index (κ1) is 13.9. The van der Waals surface area contributed by atoms with Crippen LogP contribution in [0.3, 0.4) is 0 Å². The predicted octanol–water partition coefficient (Wildman–Crippen LogP) is 3.81. The van der Waals surface area contributed by atoms with Crippen LogP contribution < -0.4 is 4.74 Å². The van der Waals surface area contributed by atoms with E-state index in [0.717, 1.165) is 11.1 Å². The highest BCUT2D eigenvalue weighted by Crippen LogP contribution is 2.30. The van der Waals surface area contributed by atoms with Crippen molar-refractivity contribution in [3.63, 3.8) is 0 Å². The fraction of sp³-hybridized carbons (Fsp3) is 0.118. The van der Waals surface area contributed by atoms with Gasteiger partial charge < -0.3 is 9.47 Å². The highest BCUT2D eigenvalue weighted by Gasteiger charge is 2.13. The Morgan fingerprint density at radius 1 is 1.05 bits per heavy atom. The van der Waals surface area contributed by atoms with E-state index in [1.807, 2.05) is 48.5 Å². The number of carbonyl (C=O) groups excluding carboxylic acids is 1. The van der Waals surface area contributed by atoms with Gasteiger partial charge in [0.25, 0.3) is 0 Å². The van der Waals surface area contributed by atoms with Gasteiger partial charge in [-0.25, -0.2) is 4.79 Å². The van der Waals surface area contributed by atoms with E-state index in [0.29, 0.717) is 12.4 Å². The summed E-state index contributed by atoms with van der Waals surface area (Å²) in [6, 6.07) is 17.3. The topological polar surface area (TPSA) is 35.5 Å². The monoisotopic (exact) mass is 268 g/mol. The van der Waals surface area contributed by atoms with E-state index in [4.69, 9.17) is 9.47 Å². The number of hydrogen-bond acceptors (Lipinski definition) is 3. The van der Waals surface area contributed by atoms with Crippen LogP contribution in [-0.2, 0) is 9.53 Å². The van der Waals surface area contributed by atoms with Crippen molar-refractivity contribution in [1.29, 1.82) is 0 Å². The Hall–Kier alpha value is -2.55. The summed E-state index contributed by atoms with van der Waals surface area (Å²) in [7, 11) is 0. The molecule has 0 radical (unpaired) electrons. The van der Waals surface area contributed by atoms with Gasteiger partial charge in [0.2, 0.25) is 5.76 Å². The van der Waals surface area contributed by atoms with E-state index in [-0.39, 0.29) is 5.76 Å². The van der Waals surface area contributed by atoms with Crippen molar-refractivity contribution in [3.05, 3.63) is 66.9 Å². The molecule has 3 heteroatoms. The molecule has 0 aliphatic carbocycles. The van der Waals surface area contributed by atoms with Crippen LogP contribution >= 0.6 is 0 Å². The fourth-order valence-corrected chi connectivity index (χ4v) is 1.80. The molecule has 0 saturated heterocycles. The second kappa shape index (κ2) is 6.57. The van der Waals surface area contributed by atoms with Gasteiger partial charge in [-0.05, 0) is 25.1 Å². The van der Waals surface area contributed by atoms with Gasteiger partial charge in [0.05, 0.1) is 6.61 Å². The molecule has 0 saturated carbocycles. The molecule has 2 aromatic rings. The zero-order valence-electron chi connectivity index (χ0n) is 11.3. The number of ether oxygens (including phenoxy) is 2. The smallest absolute Gasteiger partial charge is 0.373 e. The van der Waals surface area contributed by atoms with Gasteiger partial charge >= 0.3 is 5.97 Å². The Morgan fingerprint density at radius 2 is 1.70 bits per heavy atom. The molecule has 0 bridgehead atoms. The van der Waals surface area contributed by atoms with Crippen LogP contribution in [0.25, 0.3) is 11.1 Å². The molecule has 0 amide bonds. The molecule has 3 nitrogen and oxygen atoms in total. The van der Waals surface area contributed by atoms with Gasteiger partial charge in [-0.15, -0.1) is 0 Å². The highest BCUT2D eigenvalue weighted by molar-refractivity contribution is 5.86. The van der Waals surface area contributed by atoms with Crippen LogP contribution in [0, 0.1) is 0 Å². The third-order valence-corrected chi connectivity index (χ3v) is 2.71. The molecule has 0 heterocycles. The summed E-state index contributed by atoms with van der Waals surface area (Å²) in [6.07, 6.45) is 0. The van der Waals surface area contributed by atoms with Crippen LogP contribution in [0.5, 0.6) is 5.75 Å². The highest BCUT2D eigenvalue weighted by atomic mass is 16.6. The summed E-state index contributed by atoms with van der Waals surface area (Å²) in [5.41, 5.74) is 1.92. The maximum absolute atomic E-state index is 11.5. The number of esters is 1. The number of hydrogen-bond donors (Lipinski definition) is 0. The minimum atomic E-state index is -0.546. The van der Waals surface area contributed by atoms with Crippen molar-refractivity contribution in [3.8, 4) is 16.9 Å². The van der Waals surface area contributed by atoms with E-state index >= 15 is 0 Å².